The molecule has 1 aliphatic heterocycles. The van der Waals surface area contributed by atoms with Gasteiger partial charge in [0.15, 0.2) is 0 Å². The third-order valence-corrected chi connectivity index (χ3v) is 8.35. The molecule has 1 aromatic carbocycles. The van der Waals surface area contributed by atoms with Gasteiger partial charge in [-0.15, -0.1) is 6.58 Å². The van der Waals surface area contributed by atoms with Gasteiger partial charge in [0.05, 0.1) is 18.2 Å². The molecule has 186 valence electrons. The zero-order valence-electron chi connectivity index (χ0n) is 22.3. The number of benzene rings is 1. The fraction of sp³-hybridized carbons (Fsp3) is 0.621. The highest BCUT2D eigenvalue weighted by molar-refractivity contribution is 6.01. The van der Waals surface area contributed by atoms with E-state index in [0.717, 1.165) is 24.9 Å². The molecule has 0 radical (unpaired) electrons. The van der Waals surface area contributed by atoms with Crippen LogP contribution in [0.15, 0.2) is 24.9 Å². The number of methoxy groups -OCH3 is 1. The number of carbonyl (C=O) groups excluding carboxylic acids is 1. The molecular weight excluding hydrogens is 422 g/mol. The van der Waals surface area contributed by atoms with Crippen LogP contribution in [0.5, 0.6) is 0 Å². The van der Waals surface area contributed by atoms with Crippen LogP contribution in [0.3, 0.4) is 0 Å². The predicted molar refractivity (Wildman–Crippen MR) is 142 cm³/mol. The van der Waals surface area contributed by atoms with E-state index in [1.807, 2.05) is 0 Å². The maximum Gasteiger partial charge on any atom is 0.243 e. The van der Waals surface area contributed by atoms with Crippen LogP contribution in [0.2, 0.25) is 0 Å². The number of likely N-dealkylation sites (N-methyl/N-ethyl adjacent to an activating group) is 1. The van der Waals surface area contributed by atoms with E-state index in [9.17, 15) is 4.79 Å². The molecule has 0 fully saturated rings. The molecule has 2 N–H and O–H groups in total. The number of carbonyl (C=O) groups is 1. The lowest BCUT2D eigenvalue weighted by atomic mass is 9.61. The number of aromatic nitrogens is 1. The first kappa shape index (κ1) is 24.8. The number of anilines is 1. The van der Waals surface area contributed by atoms with Crippen LogP contribution in [0.1, 0.15) is 77.0 Å². The summed E-state index contributed by atoms with van der Waals surface area (Å²) < 4.78 is 5.49. The van der Waals surface area contributed by atoms with Gasteiger partial charge in [-0.2, -0.15) is 0 Å². The number of rotatable bonds is 4. The Hall–Kier alpha value is -2.27. The van der Waals surface area contributed by atoms with Gasteiger partial charge in [-0.05, 0) is 59.3 Å². The summed E-state index contributed by atoms with van der Waals surface area (Å²) in [6, 6.07) is 2.05. The highest BCUT2D eigenvalue weighted by atomic mass is 16.5. The van der Waals surface area contributed by atoms with Gasteiger partial charge < -0.3 is 19.9 Å². The van der Waals surface area contributed by atoms with E-state index >= 15 is 0 Å². The van der Waals surface area contributed by atoms with Crippen LogP contribution in [0, 0.1) is 11.3 Å². The van der Waals surface area contributed by atoms with E-state index < -0.39 is 0 Å². The molecule has 4 unspecified atom stereocenters. The lowest BCUT2D eigenvalue weighted by Gasteiger charge is -2.44. The van der Waals surface area contributed by atoms with Crippen LogP contribution in [0.4, 0.5) is 5.69 Å². The van der Waals surface area contributed by atoms with Crippen LogP contribution in [-0.2, 0) is 21.4 Å². The van der Waals surface area contributed by atoms with Crippen LogP contribution >= 0.6 is 0 Å². The van der Waals surface area contributed by atoms with Gasteiger partial charge in [0.2, 0.25) is 5.91 Å². The molecule has 1 aliphatic carbocycles. The monoisotopic (exact) mass is 465 g/mol. The first-order valence-corrected chi connectivity index (χ1v) is 12.8. The van der Waals surface area contributed by atoms with E-state index in [-0.39, 0.29) is 34.7 Å². The molecule has 0 saturated heterocycles. The van der Waals surface area contributed by atoms with Crippen molar-refractivity contribution in [2.45, 2.75) is 84.2 Å². The number of H-pyrrole nitrogens is 1. The minimum atomic E-state index is -0.265. The topological polar surface area (TPSA) is 57.4 Å². The zero-order valence-corrected chi connectivity index (χ0v) is 22.3. The van der Waals surface area contributed by atoms with Gasteiger partial charge in [0, 0.05) is 36.8 Å². The summed E-state index contributed by atoms with van der Waals surface area (Å²) in [4.78, 5) is 19.4. The Kier molecular flexibility index (Phi) is 6.39. The summed E-state index contributed by atoms with van der Waals surface area (Å²) in [7, 11) is 3.78. The van der Waals surface area contributed by atoms with Crippen LogP contribution < -0.4 is 10.2 Å². The number of hydrogen-bond donors (Lipinski definition) is 2. The molecule has 0 bridgehead atoms. The summed E-state index contributed by atoms with van der Waals surface area (Å²) in [5, 5.41) is 4.54. The molecule has 2 aliphatic rings. The van der Waals surface area contributed by atoms with Crippen LogP contribution in [-0.4, -0.2) is 43.7 Å². The largest absolute Gasteiger partial charge is 0.383 e. The van der Waals surface area contributed by atoms with Crippen molar-refractivity contribution in [1.29, 1.82) is 0 Å². The maximum absolute atomic E-state index is 13.5. The summed E-state index contributed by atoms with van der Waals surface area (Å²) in [6.07, 6.45) is 7.25. The van der Waals surface area contributed by atoms with Crippen molar-refractivity contribution in [2.75, 3.05) is 25.7 Å². The number of amides is 1. The molecular formula is C29H43N3O2. The molecule has 34 heavy (non-hydrogen) atoms. The third-order valence-electron chi connectivity index (χ3n) is 8.35. The second kappa shape index (κ2) is 8.75. The van der Waals surface area contributed by atoms with Crippen molar-refractivity contribution >= 4 is 22.5 Å². The van der Waals surface area contributed by atoms with Crippen molar-refractivity contribution in [3.63, 3.8) is 0 Å². The minimum absolute atomic E-state index is 0.0648. The van der Waals surface area contributed by atoms with E-state index in [4.69, 9.17) is 4.74 Å². The molecule has 1 aromatic heterocycles. The molecule has 5 heteroatoms. The highest BCUT2D eigenvalue weighted by Gasteiger charge is 2.42. The Bertz CT molecular complexity index is 1090. The lowest BCUT2D eigenvalue weighted by Crippen LogP contribution is -2.52. The Labute approximate surface area is 205 Å². The second-order valence-electron chi connectivity index (χ2n) is 12.2. The number of ether oxygens (including phenoxy) is 1. The number of fused-ring (bicyclic) bond motifs is 2. The van der Waals surface area contributed by atoms with Crippen molar-refractivity contribution in [1.82, 2.24) is 10.3 Å². The number of hydrogen-bond acceptors (Lipinski definition) is 3. The molecule has 5 nitrogen and oxygen atoms in total. The lowest BCUT2D eigenvalue weighted by molar-refractivity contribution is -0.124. The molecule has 0 saturated carbocycles. The maximum atomic E-state index is 13.5. The third kappa shape index (κ3) is 3.96. The molecule has 0 spiro atoms. The summed E-state index contributed by atoms with van der Waals surface area (Å²) in [6.45, 7) is 18.4. The van der Waals surface area contributed by atoms with Gasteiger partial charge >= 0.3 is 0 Å². The van der Waals surface area contributed by atoms with Gasteiger partial charge in [0.1, 0.15) is 6.04 Å². The first-order valence-electron chi connectivity index (χ1n) is 12.8. The molecule has 4 atom stereocenters. The Morgan fingerprint density at radius 2 is 2.06 bits per heavy atom. The number of nitrogens with zero attached hydrogens (tertiary/aromatic N) is 1. The Morgan fingerprint density at radius 1 is 1.35 bits per heavy atom. The number of allylic oxidation sites excluding steroid dienone is 1. The van der Waals surface area contributed by atoms with Crippen LogP contribution in [0.25, 0.3) is 10.9 Å². The fourth-order valence-corrected chi connectivity index (χ4v) is 6.45. The minimum Gasteiger partial charge on any atom is -0.383 e. The summed E-state index contributed by atoms with van der Waals surface area (Å²) >= 11 is 0. The Balaban J connectivity index is 2.07. The van der Waals surface area contributed by atoms with Gasteiger partial charge in [-0.1, -0.05) is 47.6 Å². The second-order valence-corrected chi connectivity index (χ2v) is 12.2. The average molecular weight is 466 g/mol. The molecule has 2 aromatic rings. The quantitative estimate of drug-likeness (QED) is 0.571. The van der Waals surface area contributed by atoms with Crippen molar-refractivity contribution in [3.8, 4) is 0 Å². The fourth-order valence-electron chi connectivity index (χ4n) is 6.45. The van der Waals surface area contributed by atoms with E-state index in [0.29, 0.717) is 12.5 Å². The molecule has 4 rings (SSSR count). The standard InChI is InChI=1S/C29H43N3O2/c1-10-29(7)12-11-20(28(4,5)6)24-21(29)14-22-23-18(15-30-25(23)24)13-19(16-34-9)31-27(33)26(17(2)3)32(22)8/h10,14-15,17,19-20,26,30H,1,11-13,16H2,2-9H3,(H,31,33). The Morgan fingerprint density at radius 3 is 2.65 bits per heavy atom. The average Bonchev–Trinajstić information content (AvgIpc) is 3.17. The normalized spacial score (nSPS) is 27.7. The van der Waals surface area contributed by atoms with Gasteiger partial charge in [-0.25, -0.2) is 0 Å². The van der Waals surface area contributed by atoms with Crippen molar-refractivity contribution in [3.05, 3.63) is 41.6 Å². The number of aromatic amines is 1. The highest BCUT2D eigenvalue weighted by Crippen LogP contribution is 2.54. The molecule has 2 heterocycles. The first-order chi connectivity index (χ1) is 15.9. The molecule has 1 amide bonds. The SMILES string of the molecule is C=CC1(C)CCC(C(C)(C)C)c2c1cc1c3c(c[nH]c23)CC(COC)NC(=O)C(C(C)C)N1C. The smallest absolute Gasteiger partial charge is 0.243 e. The van der Waals surface area contributed by atoms with Crippen molar-refractivity contribution < 1.29 is 9.53 Å². The summed E-state index contributed by atoms with van der Waals surface area (Å²) in [5.41, 5.74) is 6.45. The van der Waals surface area contributed by atoms with Gasteiger partial charge in [-0.3, -0.25) is 4.79 Å². The number of nitrogens with one attached hydrogen (secondary N) is 2. The predicted octanol–water partition coefficient (Wildman–Crippen LogP) is 5.68. The van der Waals surface area contributed by atoms with E-state index in [1.165, 1.54) is 27.6 Å². The van der Waals surface area contributed by atoms with Crippen molar-refractivity contribution in [2.24, 2.45) is 11.3 Å². The summed E-state index contributed by atoms with van der Waals surface area (Å²) in [5.74, 6) is 0.677. The zero-order chi connectivity index (χ0) is 25.0. The van der Waals surface area contributed by atoms with E-state index in [2.05, 4.69) is 88.7 Å². The van der Waals surface area contributed by atoms with Gasteiger partial charge in [0.25, 0.3) is 0 Å². The van der Waals surface area contributed by atoms with E-state index in [1.54, 1.807) is 7.11 Å².